The third kappa shape index (κ3) is 3.99. The summed E-state index contributed by atoms with van der Waals surface area (Å²) in [7, 11) is -1.86. The average Bonchev–Trinajstić information content (AvgIpc) is 2.89. The molecule has 0 unspecified atom stereocenters. The summed E-state index contributed by atoms with van der Waals surface area (Å²) >= 11 is 0. The maximum Gasteiger partial charge on any atom is 0.241 e. The molecule has 2 aromatic rings. The zero-order chi connectivity index (χ0) is 15.3. The number of pyridine rings is 1. The summed E-state index contributed by atoms with van der Waals surface area (Å²) in [6.45, 7) is 2.85. The molecule has 0 aromatic carbocycles. The van der Waals surface area contributed by atoms with Crippen LogP contribution >= 0.6 is 0 Å². The van der Waals surface area contributed by atoms with Crippen LogP contribution < -0.4 is 10.0 Å². The lowest BCUT2D eigenvalue weighted by molar-refractivity contribution is 0.577. The van der Waals surface area contributed by atoms with Gasteiger partial charge in [-0.05, 0) is 12.5 Å². The van der Waals surface area contributed by atoms with Gasteiger partial charge < -0.3 is 9.88 Å². The number of nitrogens with one attached hydrogen (secondary N) is 2. The first-order valence-electron chi connectivity index (χ1n) is 6.55. The van der Waals surface area contributed by atoms with Gasteiger partial charge in [0.15, 0.2) is 0 Å². The van der Waals surface area contributed by atoms with E-state index < -0.39 is 10.0 Å². The van der Waals surface area contributed by atoms with Crippen LogP contribution in [0.1, 0.15) is 19.2 Å². The number of rotatable bonds is 7. The van der Waals surface area contributed by atoms with Crippen LogP contribution in [-0.4, -0.2) is 34.7 Å². The van der Waals surface area contributed by atoms with E-state index in [2.05, 4.69) is 25.2 Å². The summed E-state index contributed by atoms with van der Waals surface area (Å²) in [5.41, 5.74) is 0. The van der Waals surface area contributed by atoms with Gasteiger partial charge in [-0.3, -0.25) is 0 Å². The van der Waals surface area contributed by atoms with Crippen molar-refractivity contribution < 1.29 is 8.42 Å². The van der Waals surface area contributed by atoms with Gasteiger partial charge in [-0.15, -0.1) is 10.2 Å². The zero-order valence-electron chi connectivity index (χ0n) is 11.9. The van der Waals surface area contributed by atoms with E-state index in [-0.39, 0.29) is 11.4 Å². The Morgan fingerprint density at radius 3 is 2.86 bits per heavy atom. The molecule has 0 fully saturated rings. The molecule has 114 valence electrons. The monoisotopic (exact) mass is 310 g/mol. The normalized spacial score (nSPS) is 11.5. The van der Waals surface area contributed by atoms with Gasteiger partial charge in [0.25, 0.3) is 0 Å². The van der Waals surface area contributed by atoms with E-state index in [1.807, 2.05) is 6.92 Å². The van der Waals surface area contributed by atoms with Gasteiger partial charge in [0.1, 0.15) is 18.0 Å². The Morgan fingerprint density at radius 2 is 2.19 bits per heavy atom. The van der Waals surface area contributed by atoms with Crippen LogP contribution in [0.4, 0.5) is 5.82 Å². The second-order valence-electron chi connectivity index (χ2n) is 4.49. The van der Waals surface area contributed by atoms with Gasteiger partial charge in [0.05, 0.1) is 11.4 Å². The van der Waals surface area contributed by atoms with E-state index in [9.17, 15) is 8.42 Å². The molecule has 0 aliphatic rings. The predicted octanol–water partition coefficient (Wildman–Crippen LogP) is 0.510. The van der Waals surface area contributed by atoms with Crippen LogP contribution in [-0.2, 0) is 23.6 Å². The van der Waals surface area contributed by atoms with Crippen LogP contribution in [0.5, 0.6) is 0 Å². The third-order valence-electron chi connectivity index (χ3n) is 2.82. The first-order valence-corrected chi connectivity index (χ1v) is 8.03. The summed E-state index contributed by atoms with van der Waals surface area (Å²) in [6, 6.07) is 2.96. The van der Waals surface area contributed by atoms with Crippen molar-refractivity contribution in [2.75, 3.05) is 11.9 Å². The van der Waals surface area contributed by atoms with E-state index in [1.54, 1.807) is 11.6 Å². The predicted molar refractivity (Wildman–Crippen MR) is 78.0 cm³/mol. The smallest absolute Gasteiger partial charge is 0.241 e. The number of nitrogens with zero attached hydrogens (tertiary/aromatic N) is 4. The Hall–Kier alpha value is -2.00. The largest absolute Gasteiger partial charge is 0.370 e. The Labute approximate surface area is 123 Å². The summed E-state index contributed by atoms with van der Waals surface area (Å²) in [5, 5.41) is 10.6. The molecule has 0 bridgehead atoms. The molecular formula is C12H18N6O2S. The van der Waals surface area contributed by atoms with E-state index in [1.165, 1.54) is 24.7 Å². The molecule has 0 saturated carbocycles. The molecule has 0 radical (unpaired) electrons. The molecule has 8 nitrogen and oxygen atoms in total. The van der Waals surface area contributed by atoms with Crippen molar-refractivity contribution in [2.24, 2.45) is 7.05 Å². The number of hydrogen-bond donors (Lipinski definition) is 2. The minimum atomic E-state index is -3.61. The topological polar surface area (TPSA) is 102 Å². The van der Waals surface area contributed by atoms with Gasteiger partial charge >= 0.3 is 0 Å². The fraction of sp³-hybridized carbons (Fsp3) is 0.417. The number of anilines is 1. The van der Waals surface area contributed by atoms with E-state index in [0.29, 0.717) is 11.6 Å². The van der Waals surface area contributed by atoms with Crippen molar-refractivity contribution in [3.8, 4) is 0 Å². The van der Waals surface area contributed by atoms with Crippen LogP contribution in [0.25, 0.3) is 0 Å². The fourth-order valence-corrected chi connectivity index (χ4v) is 2.63. The van der Waals surface area contributed by atoms with Crippen molar-refractivity contribution in [2.45, 2.75) is 24.8 Å². The van der Waals surface area contributed by atoms with E-state index in [4.69, 9.17) is 0 Å². The molecule has 0 spiro atoms. The number of aryl methyl sites for hydroxylation is 1. The number of hydrogen-bond acceptors (Lipinski definition) is 6. The quantitative estimate of drug-likeness (QED) is 0.772. The van der Waals surface area contributed by atoms with Gasteiger partial charge in [0, 0.05) is 25.9 Å². The lowest BCUT2D eigenvalue weighted by Crippen LogP contribution is -2.25. The van der Waals surface area contributed by atoms with Crippen molar-refractivity contribution in [3.05, 3.63) is 30.5 Å². The van der Waals surface area contributed by atoms with E-state index >= 15 is 0 Å². The summed E-state index contributed by atoms with van der Waals surface area (Å²) in [5.74, 6) is 1.08. The van der Waals surface area contributed by atoms with Crippen LogP contribution in [0.3, 0.4) is 0 Å². The van der Waals surface area contributed by atoms with Crippen LogP contribution in [0, 0.1) is 0 Å². The van der Waals surface area contributed by atoms with Crippen molar-refractivity contribution in [1.29, 1.82) is 0 Å². The van der Waals surface area contributed by atoms with Crippen molar-refractivity contribution in [3.63, 3.8) is 0 Å². The molecule has 0 aliphatic carbocycles. The molecule has 0 amide bonds. The maximum atomic E-state index is 12.2. The summed E-state index contributed by atoms with van der Waals surface area (Å²) in [6.07, 6.45) is 3.92. The molecule has 0 aliphatic heterocycles. The molecule has 2 aromatic heterocycles. The fourth-order valence-electron chi connectivity index (χ4n) is 1.64. The second kappa shape index (κ2) is 6.64. The maximum absolute atomic E-state index is 12.2. The highest BCUT2D eigenvalue weighted by Gasteiger charge is 2.15. The van der Waals surface area contributed by atoms with Gasteiger partial charge in [-0.1, -0.05) is 6.92 Å². The Bertz CT molecular complexity index is 697. The lowest BCUT2D eigenvalue weighted by atomic mass is 10.4. The van der Waals surface area contributed by atoms with Gasteiger partial charge in [0.2, 0.25) is 10.0 Å². The van der Waals surface area contributed by atoms with E-state index in [0.717, 1.165) is 13.0 Å². The molecule has 2 rings (SSSR count). The van der Waals surface area contributed by atoms with Crippen molar-refractivity contribution >= 4 is 15.8 Å². The summed E-state index contributed by atoms with van der Waals surface area (Å²) in [4.78, 5) is 4.25. The molecule has 0 saturated heterocycles. The third-order valence-corrected chi connectivity index (χ3v) is 4.22. The molecule has 0 atom stereocenters. The molecule has 21 heavy (non-hydrogen) atoms. The second-order valence-corrected chi connectivity index (χ2v) is 6.25. The standard InChI is InChI=1S/C12H18N6O2S/c1-3-5-13-11-7-10(4-6-14-11)21(19,20)16-8-12-17-15-9-18(12)2/h4,6-7,9,16H,3,5,8H2,1-2H3,(H,13,14). The molecular weight excluding hydrogens is 292 g/mol. The Kier molecular flexibility index (Phi) is 4.86. The average molecular weight is 310 g/mol. The van der Waals surface area contributed by atoms with Crippen LogP contribution in [0.15, 0.2) is 29.6 Å². The molecule has 2 N–H and O–H groups in total. The minimum absolute atomic E-state index is 0.0822. The lowest BCUT2D eigenvalue weighted by Gasteiger charge is -2.08. The van der Waals surface area contributed by atoms with Crippen LogP contribution in [0.2, 0.25) is 0 Å². The summed E-state index contributed by atoms with van der Waals surface area (Å²) < 4.78 is 28.6. The molecule has 2 heterocycles. The number of sulfonamides is 1. The highest BCUT2D eigenvalue weighted by Crippen LogP contribution is 2.13. The Morgan fingerprint density at radius 1 is 1.38 bits per heavy atom. The van der Waals surface area contributed by atoms with Gasteiger partial charge in [-0.25, -0.2) is 18.1 Å². The van der Waals surface area contributed by atoms with Crippen molar-refractivity contribution in [1.82, 2.24) is 24.5 Å². The number of aromatic nitrogens is 4. The minimum Gasteiger partial charge on any atom is -0.370 e. The highest BCUT2D eigenvalue weighted by molar-refractivity contribution is 7.89. The van der Waals surface area contributed by atoms with Gasteiger partial charge in [-0.2, -0.15) is 0 Å². The molecule has 9 heteroatoms. The SMILES string of the molecule is CCCNc1cc(S(=O)(=O)NCc2nncn2C)ccn1. The highest BCUT2D eigenvalue weighted by atomic mass is 32.2. The Balaban J connectivity index is 2.10. The first-order chi connectivity index (χ1) is 10.0. The zero-order valence-corrected chi connectivity index (χ0v) is 12.8. The first kappa shape index (κ1) is 15.4.